The third-order valence-electron chi connectivity index (χ3n) is 12.6. The third kappa shape index (κ3) is 54.1. The number of hydrogen-bond donors (Lipinski definition) is 1. The predicted octanol–water partition coefficient (Wildman–Crippen LogP) is 19.0. The van der Waals surface area contributed by atoms with E-state index in [9.17, 15) is 14.7 Å². The Bertz CT molecular complexity index is 1120. The van der Waals surface area contributed by atoms with Gasteiger partial charge in [0, 0.05) is 12.8 Å². The summed E-state index contributed by atoms with van der Waals surface area (Å²) in [6.07, 6.45) is 74.9. The number of unbranched alkanes of at least 4 members (excludes halogenated alkanes) is 34. The van der Waals surface area contributed by atoms with E-state index < -0.39 is 6.10 Å². The van der Waals surface area contributed by atoms with Gasteiger partial charge in [-0.2, -0.15) is 0 Å². The highest BCUT2D eigenvalue weighted by atomic mass is 16.6. The maximum atomic E-state index is 12.3. The van der Waals surface area contributed by atoms with Crippen LogP contribution in [0.25, 0.3) is 0 Å². The summed E-state index contributed by atoms with van der Waals surface area (Å²) in [4.78, 5) is 24.4. The molecule has 0 amide bonds. The normalized spacial score (nSPS) is 12.6. The zero-order chi connectivity index (χ0) is 47.0. The van der Waals surface area contributed by atoms with Crippen LogP contribution in [0, 0.1) is 0 Å². The molecule has 5 nitrogen and oxygen atoms in total. The van der Waals surface area contributed by atoms with Crippen molar-refractivity contribution in [2.45, 2.75) is 296 Å². The van der Waals surface area contributed by atoms with E-state index in [4.69, 9.17) is 9.47 Å². The zero-order valence-corrected chi connectivity index (χ0v) is 43.3. The number of esters is 2. The molecule has 1 N–H and O–H groups in total. The molecule has 0 spiro atoms. The SMILES string of the molecule is CC/C=C\C/C=C\C/C=C\C/C=C\C/C=C\CCCCCCCCCCCCCCCCCCCCCCCC(=O)OC(CO)COC(=O)CCCCCCCCCCCCCCCC. The van der Waals surface area contributed by atoms with Gasteiger partial charge in [0.1, 0.15) is 6.61 Å². The Labute approximate surface area is 404 Å². The molecule has 0 bridgehead atoms. The van der Waals surface area contributed by atoms with Crippen molar-refractivity contribution in [3.8, 4) is 0 Å². The van der Waals surface area contributed by atoms with Gasteiger partial charge in [0.25, 0.3) is 0 Å². The number of aliphatic hydroxyl groups excluding tert-OH is 1. The second-order valence-electron chi connectivity index (χ2n) is 19.0. The molecule has 0 rings (SSSR count). The fourth-order valence-corrected chi connectivity index (χ4v) is 8.35. The summed E-state index contributed by atoms with van der Waals surface area (Å²) < 4.78 is 10.7. The van der Waals surface area contributed by atoms with Crippen molar-refractivity contribution in [1.29, 1.82) is 0 Å². The Hall–Kier alpha value is -2.40. The van der Waals surface area contributed by atoms with Crippen LogP contribution in [0.5, 0.6) is 0 Å². The maximum absolute atomic E-state index is 12.3. The van der Waals surface area contributed by atoms with Crippen molar-refractivity contribution >= 4 is 11.9 Å². The summed E-state index contributed by atoms with van der Waals surface area (Å²) in [6.45, 7) is 4.05. The zero-order valence-electron chi connectivity index (χ0n) is 43.3. The Morgan fingerprint density at radius 3 is 1.00 bits per heavy atom. The second kappa shape index (κ2) is 55.9. The molecule has 378 valence electrons. The fourth-order valence-electron chi connectivity index (χ4n) is 8.35. The lowest BCUT2D eigenvalue weighted by Crippen LogP contribution is -2.28. The Morgan fingerprint density at radius 1 is 0.369 bits per heavy atom. The Kier molecular flexibility index (Phi) is 53.9. The minimum atomic E-state index is -0.768. The molecule has 0 aromatic rings. The molecule has 0 radical (unpaired) electrons. The van der Waals surface area contributed by atoms with Crippen LogP contribution in [-0.2, 0) is 19.1 Å². The van der Waals surface area contributed by atoms with Gasteiger partial charge in [-0.1, -0.05) is 280 Å². The molecular formula is C60H108O5. The summed E-state index contributed by atoms with van der Waals surface area (Å²) in [5.41, 5.74) is 0. The molecule has 0 aliphatic carbocycles. The van der Waals surface area contributed by atoms with Crippen LogP contribution in [-0.4, -0.2) is 36.4 Å². The first-order valence-electron chi connectivity index (χ1n) is 28.3. The summed E-state index contributed by atoms with van der Waals surface area (Å²) in [6, 6.07) is 0. The van der Waals surface area contributed by atoms with E-state index in [2.05, 4.69) is 74.6 Å². The van der Waals surface area contributed by atoms with E-state index in [0.717, 1.165) is 70.6 Å². The molecule has 0 aliphatic rings. The molecule has 1 atom stereocenters. The van der Waals surface area contributed by atoms with Gasteiger partial charge in [-0.05, 0) is 57.8 Å². The van der Waals surface area contributed by atoms with Gasteiger partial charge >= 0.3 is 11.9 Å². The first-order valence-corrected chi connectivity index (χ1v) is 28.3. The Balaban J connectivity index is 3.41. The first kappa shape index (κ1) is 62.6. The average Bonchev–Trinajstić information content (AvgIpc) is 3.31. The van der Waals surface area contributed by atoms with Crippen LogP contribution in [0.2, 0.25) is 0 Å². The van der Waals surface area contributed by atoms with E-state index in [1.807, 2.05) is 0 Å². The van der Waals surface area contributed by atoms with Gasteiger partial charge < -0.3 is 14.6 Å². The fraction of sp³-hybridized carbons (Fsp3) is 0.800. The van der Waals surface area contributed by atoms with Crippen molar-refractivity contribution in [3.63, 3.8) is 0 Å². The highest BCUT2D eigenvalue weighted by Crippen LogP contribution is 2.17. The Morgan fingerprint density at radius 2 is 0.662 bits per heavy atom. The molecule has 0 fully saturated rings. The number of rotatable bonds is 52. The van der Waals surface area contributed by atoms with Crippen LogP contribution < -0.4 is 0 Å². The van der Waals surface area contributed by atoms with E-state index in [0.29, 0.717) is 12.8 Å². The van der Waals surface area contributed by atoms with Crippen LogP contribution in [0.3, 0.4) is 0 Å². The molecular weight excluding hydrogens is 801 g/mol. The molecule has 65 heavy (non-hydrogen) atoms. The number of ether oxygens (including phenoxy) is 2. The molecule has 0 saturated carbocycles. The van der Waals surface area contributed by atoms with E-state index >= 15 is 0 Å². The topological polar surface area (TPSA) is 72.8 Å². The van der Waals surface area contributed by atoms with Gasteiger partial charge in [-0.25, -0.2) is 0 Å². The lowest BCUT2D eigenvalue weighted by molar-refractivity contribution is -0.161. The van der Waals surface area contributed by atoms with Gasteiger partial charge in [0.15, 0.2) is 6.10 Å². The van der Waals surface area contributed by atoms with Crippen molar-refractivity contribution < 1.29 is 24.2 Å². The van der Waals surface area contributed by atoms with E-state index in [1.54, 1.807) is 0 Å². The van der Waals surface area contributed by atoms with Crippen LogP contribution in [0.1, 0.15) is 290 Å². The third-order valence-corrected chi connectivity index (χ3v) is 12.6. The highest BCUT2D eigenvalue weighted by molar-refractivity contribution is 5.70. The molecule has 0 aromatic carbocycles. The molecule has 0 aromatic heterocycles. The largest absolute Gasteiger partial charge is 0.462 e. The molecule has 0 heterocycles. The smallest absolute Gasteiger partial charge is 0.306 e. The lowest BCUT2D eigenvalue weighted by Gasteiger charge is -2.15. The predicted molar refractivity (Wildman–Crippen MR) is 284 cm³/mol. The summed E-state index contributed by atoms with van der Waals surface area (Å²) in [5.74, 6) is -0.575. The van der Waals surface area contributed by atoms with Gasteiger partial charge in [0.05, 0.1) is 6.61 Å². The van der Waals surface area contributed by atoms with Gasteiger partial charge in [0.2, 0.25) is 0 Å². The molecule has 0 aliphatic heterocycles. The highest BCUT2D eigenvalue weighted by Gasteiger charge is 2.16. The van der Waals surface area contributed by atoms with Crippen LogP contribution >= 0.6 is 0 Å². The molecule has 5 heteroatoms. The number of carbonyl (C=O) groups is 2. The van der Waals surface area contributed by atoms with Gasteiger partial charge in [-0.3, -0.25) is 9.59 Å². The maximum Gasteiger partial charge on any atom is 0.306 e. The quantitative estimate of drug-likeness (QED) is 0.0374. The van der Waals surface area contributed by atoms with Crippen molar-refractivity contribution in [2.24, 2.45) is 0 Å². The lowest BCUT2D eigenvalue weighted by atomic mass is 10.0. The van der Waals surface area contributed by atoms with Crippen LogP contribution in [0.15, 0.2) is 60.8 Å². The summed E-state index contributed by atoms with van der Waals surface area (Å²) in [7, 11) is 0. The number of carbonyl (C=O) groups excluding carboxylic acids is 2. The van der Waals surface area contributed by atoms with Crippen LogP contribution in [0.4, 0.5) is 0 Å². The van der Waals surface area contributed by atoms with Gasteiger partial charge in [-0.15, -0.1) is 0 Å². The van der Waals surface area contributed by atoms with E-state index in [1.165, 1.54) is 193 Å². The standard InChI is InChI=1S/C60H108O5/c1-3-5-7-9-11-13-15-17-19-20-21-22-23-24-25-26-27-28-29-30-31-32-33-34-35-36-37-38-39-40-41-43-45-47-49-51-53-55-60(63)65-58(56-61)57-64-59(62)54-52-50-48-46-44-42-18-16-14-12-10-8-6-4-2/h5,7,11,13,17,19,21-22,24-25,58,61H,3-4,6,8-10,12,14-16,18,20,23,26-57H2,1-2H3/b7-5-,13-11-,19-17-,22-21-,25-24-. The van der Waals surface area contributed by atoms with Crippen molar-refractivity contribution in [1.82, 2.24) is 0 Å². The summed E-state index contributed by atoms with van der Waals surface area (Å²) >= 11 is 0. The number of hydrogen-bond acceptors (Lipinski definition) is 5. The molecule has 0 saturated heterocycles. The summed E-state index contributed by atoms with van der Waals surface area (Å²) in [5, 5.41) is 9.63. The number of allylic oxidation sites excluding steroid dienone is 10. The average molecular weight is 910 g/mol. The first-order chi connectivity index (χ1) is 32.1. The minimum Gasteiger partial charge on any atom is -0.462 e. The number of aliphatic hydroxyl groups is 1. The van der Waals surface area contributed by atoms with E-state index in [-0.39, 0.29) is 25.2 Å². The van der Waals surface area contributed by atoms with Crippen molar-refractivity contribution in [3.05, 3.63) is 60.8 Å². The van der Waals surface area contributed by atoms with Crippen molar-refractivity contribution in [2.75, 3.05) is 13.2 Å². The molecule has 1 unspecified atom stereocenters. The monoisotopic (exact) mass is 909 g/mol. The minimum absolute atomic E-state index is 0.0605. The second-order valence-corrected chi connectivity index (χ2v) is 19.0.